The van der Waals surface area contributed by atoms with E-state index in [9.17, 15) is 9.59 Å². The number of likely N-dealkylation sites (tertiary alicyclic amines) is 1. The molecule has 1 aromatic carbocycles. The second-order valence-electron chi connectivity index (χ2n) is 6.34. The number of carbonyl (C=O) groups is 2. The van der Waals surface area contributed by atoms with Crippen LogP contribution >= 0.6 is 0 Å². The third-order valence-electron chi connectivity index (χ3n) is 4.54. The molecule has 1 aromatic rings. The van der Waals surface area contributed by atoms with Crippen molar-refractivity contribution < 1.29 is 14.3 Å². The van der Waals surface area contributed by atoms with Crippen LogP contribution in [-0.2, 0) is 16.1 Å². The molecule has 2 amide bonds. The van der Waals surface area contributed by atoms with E-state index in [1.807, 2.05) is 37.4 Å². The van der Waals surface area contributed by atoms with E-state index in [0.29, 0.717) is 6.04 Å². The monoisotopic (exact) mass is 317 g/mol. The van der Waals surface area contributed by atoms with E-state index in [2.05, 4.69) is 10.6 Å². The highest BCUT2D eigenvalue weighted by atomic mass is 16.5. The molecule has 0 aromatic heterocycles. The van der Waals surface area contributed by atoms with Crippen LogP contribution < -0.4 is 10.6 Å². The summed E-state index contributed by atoms with van der Waals surface area (Å²) in [7, 11) is 1.83. The van der Waals surface area contributed by atoms with Gasteiger partial charge in [0.1, 0.15) is 6.61 Å². The molecule has 2 fully saturated rings. The maximum atomic E-state index is 11.8. The molecule has 2 N–H and O–H groups in total. The lowest BCUT2D eigenvalue weighted by molar-refractivity contribution is -0.128. The fraction of sp³-hybridized carbons (Fsp3) is 0.529. The quantitative estimate of drug-likeness (QED) is 0.858. The molecule has 2 aliphatic rings. The summed E-state index contributed by atoms with van der Waals surface area (Å²) in [6.45, 7) is 1.10. The first-order valence-electron chi connectivity index (χ1n) is 8.10. The molecule has 1 saturated carbocycles. The first kappa shape index (κ1) is 15.8. The number of carbonyl (C=O) groups excluding carboxylic acids is 2. The molecule has 1 heterocycles. The predicted octanol–water partition coefficient (Wildman–Crippen LogP) is 1.26. The summed E-state index contributed by atoms with van der Waals surface area (Å²) in [4.78, 5) is 25.3. The van der Waals surface area contributed by atoms with E-state index >= 15 is 0 Å². The van der Waals surface area contributed by atoms with Gasteiger partial charge in [-0.1, -0.05) is 30.3 Å². The average molecular weight is 317 g/mol. The molecule has 0 radical (unpaired) electrons. The van der Waals surface area contributed by atoms with Gasteiger partial charge in [0.05, 0.1) is 6.04 Å². The fourth-order valence-corrected chi connectivity index (χ4v) is 3.06. The standard InChI is InChI=1S/C17H23N3O3/c1-20-8-7-15(16(20)21)18-13-9-14(10-13)19-17(22)23-11-12-5-3-2-4-6-12/h2-6,13-15,18H,7-11H2,1H3,(H,19,22). The van der Waals surface area contributed by atoms with Crippen molar-refractivity contribution >= 4 is 12.0 Å². The third-order valence-corrected chi connectivity index (χ3v) is 4.54. The zero-order valence-electron chi connectivity index (χ0n) is 13.3. The van der Waals surface area contributed by atoms with Gasteiger partial charge < -0.3 is 20.3 Å². The van der Waals surface area contributed by atoms with Crippen LogP contribution in [-0.4, -0.2) is 48.6 Å². The smallest absolute Gasteiger partial charge is 0.407 e. The number of nitrogens with one attached hydrogen (secondary N) is 2. The minimum atomic E-state index is -0.381. The molecule has 1 unspecified atom stereocenters. The molecule has 124 valence electrons. The zero-order valence-corrected chi connectivity index (χ0v) is 13.3. The number of rotatable bonds is 5. The Labute approximate surface area is 136 Å². The maximum Gasteiger partial charge on any atom is 0.407 e. The molecular weight excluding hydrogens is 294 g/mol. The summed E-state index contributed by atoms with van der Waals surface area (Å²) >= 11 is 0. The predicted molar refractivity (Wildman–Crippen MR) is 85.8 cm³/mol. The number of hydrogen-bond acceptors (Lipinski definition) is 4. The van der Waals surface area contributed by atoms with Crippen molar-refractivity contribution in [3.8, 4) is 0 Å². The minimum absolute atomic E-state index is 0.0593. The highest BCUT2D eigenvalue weighted by Crippen LogP contribution is 2.22. The molecule has 3 rings (SSSR count). The van der Waals surface area contributed by atoms with Crippen LogP contribution in [0, 0.1) is 0 Å². The number of hydrogen-bond donors (Lipinski definition) is 2. The zero-order chi connectivity index (χ0) is 16.2. The molecule has 1 aliphatic carbocycles. The average Bonchev–Trinajstić information content (AvgIpc) is 2.84. The largest absolute Gasteiger partial charge is 0.445 e. The highest BCUT2D eigenvalue weighted by Gasteiger charge is 2.36. The van der Waals surface area contributed by atoms with E-state index in [4.69, 9.17) is 4.74 Å². The lowest BCUT2D eigenvalue weighted by Gasteiger charge is -2.37. The van der Waals surface area contributed by atoms with E-state index < -0.39 is 0 Å². The molecule has 0 spiro atoms. The molecule has 23 heavy (non-hydrogen) atoms. The van der Waals surface area contributed by atoms with Crippen LogP contribution in [0.5, 0.6) is 0 Å². The van der Waals surface area contributed by atoms with Gasteiger partial charge in [0, 0.05) is 25.7 Å². The van der Waals surface area contributed by atoms with Crippen LogP contribution in [0.3, 0.4) is 0 Å². The molecule has 6 heteroatoms. The Morgan fingerprint density at radius 1 is 1.26 bits per heavy atom. The lowest BCUT2D eigenvalue weighted by atomic mass is 9.86. The topological polar surface area (TPSA) is 70.7 Å². The fourth-order valence-electron chi connectivity index (χ4n) is 3.06. The molecule has 1 aliphatic heterocycles. The summed E-state index contributed by atoms with van der Waals surface area (Å²) in [5.41, 5.74) is 0.972. The lowest BCUT2D eigenvalue weighted by Crippen LogP contribution is -2.55. The first-order chi connectivity index (χ1) is 11.1. The van der Waals surface area contributed by atoms with E-state index in [1.165, 1.54) is 0 Å². The van der Waals surface area contributed by atoms with Gasteiger partial charge in [-0.05, 0) is 24.8 Å². The van der Waals surface area contributed by atoms with Crippen LogP contribution in [0.2, 0.25) is 0 Å². The Hall–Kier alpha value is -2.08. The normalized spacial score (nSPS) is 26.7. The maximum absolute atomic E-state index is 11.8. The molecule has 6 nitrogen and oxygen atoms in total. The number of alkyl carbamates (subject to hydrolysis) is 1. The molecular formula is C17H23N3O3. The molecule has 0 bridgehead atoms. The van der Waals surface area contributed by atoms with Crippen molar-refractivity contribution in [2.45, 2.75) is 44.0 Å². The number of amides is 2. The van der Waals surface area contributed by atoms with Gasteiger partial charge in [-0.25, -0.2) is 4.79 Å². The molecule has 1 saturated heterocycles. The van der Waals surface area contributed by atoms with Gasteiger partial charge in [0.2, 0.25) is 5.91 Å². The minimum Gasteiger partial charge on any atom is -0.445 e. The van der Waals surface area contributed by atoms with Gasteiger partial charge >= 0.3 is 6.09 Å². The Morgan fingerprint density at radius 2 is 2.00 bits per heavy atom. The number of likely N-dealkylation sites (N-methyl/N-ethyl adjacent to an activating group) is 1. The van der Waals surface area contributed by atoms with Crippen molar-refractivity contribution in [3.05, 3.63) is 35.9 Å². The van der Waals surface area contributed by atoms with Crippen molar-refractivity contribution in [1.82, 2.24) is 15.5 Å². The summed E-state index contributed by atoms with van der Waals surface area (Å²) in [5, 5.41) is 6.24. The SMILES string of the molecule is CN1CCC(NC2CC(NC(=O)OCc3ccccc3)C2)C1=O. The van der Waals surface area contributed by atoms with Gasteiger partial charge in [-0.3, -0.25) is 4.79 Å². The van der Waals surface area contributed by atoms with Crippen LogP contribution in [0.15, 0.2) is 30.3 Å². The second kappa shape index (κ2) is 7.00. The van der Waals surface area contributed by atoms with Gasteiger partial charge in [0.15, 0.2) is 0 Å². The van der Waals surface area contributed by atoms with Crippen molar-refractivity contribution in [2.24, 2.45) is 0 Å². The van der Waals surface area contributed by atoms with Gasteiger partial charge in [-0.2, -0.15) is 0 Å². The Morgan fingerprint density at radius 3 is 2.65 bits per heavy atom. The van der Waals surface area contributed by atoms with E-state index in [0.717, 1.165) is 31.4 Å². The number of nitrogens with zero attached hydrogens (tertiary/aromatic N) is 1. The summed E-state index contributed by atoms with van der Waals surface area (Å²) in [5.74, 6) is 0.170. The van der Waals surface area contributed by atoms with Crippen molar-refractivity contribution in [1.29, 1.82) is 0 Å². The number of ether oxygens (including phenoxy) is 1. The van der Waals surface area contributed by atoms with E-state index in [1.54, 1.807) is 4.90 Å². The summed E-state index contributed by atoms with van der Waals surface area (Å²) in [6, 6.07) is 9.98. The van der Waals surface area contributed by atoms with Crippen molar-refractivity contribution in [3.63, 3.8) is 0 Å². The Kier molecular flexibility index (Phi) is 4.81. The summed E-state index contributed by atoms with van der Waals surface area (Å²) in [6.07, 6.45) is 2.17. The Bertz CT molecular complexity index is 557. The van der Waals surface area contributed by atoms with Crippen molar-refractivity contribution in [2.75, 3.05) is 13.6 Å². The third kappa shape index (κ3) is 4.01. The van der Waals surface area contributed by atoms with Gasteiger partial charge in [0.25, 0.3) is 0 Å². The Balaban J connectivity index is 1.32. The molecule has 1 atom stereocenters. The van der Waals surface area contributed by atoms with Gasteiger partial charge in [-0.15, -0.1) is 0 Å². The first-order valence-corrected chi connectivity index (χ1v) is 8.10. The summed E-state index contributed by atoms with van der Waals surface area (Å²) < 4.78 is 5.20. The van der Waals surface area contributed by atoms with Crippen LogP contribution in [0.25, 0.3) is 0 Å². The van der Waals surface area contributed by atoms with Crippen LogP contribution in [0.1, 0.15) is 24.8 Å². The van der Waals surface area contributed by atoms with Crippen LogP contribution in [0.4, 0.5) is 4.79 Å². The number of benzene rings is 1. The highest BCUT2D eigenvalue weighted by molar-refractivity contribution is 5.83. The second-order valence-corrected chi connectivity index (χ2v) is 6.34. The van der Waals surface area contributed by atoms with E-state index in [-0.39, 0.29) is 30.7 Å².